The zero-order valence-electron chi connectivity index (χ0n) is 9.44. The Morgan fingerprint density at radius 2 is 1.69 bits per heavy atom. The maximum Gasteiger partial charge on any atom is 0.316 e. The fourth-order valence-electron chi connectivity index (χ4n) is 1.46. The van der Waals surface area contributed by atoms with Crippen molar-refractivity contribution in [1.82, 2.24) is 9.69 Å². The van der Waals surface area contributed by atoms with Crippen molar-refractivity contribution in [2.45, 2.75) is 13.8 Å². The van der Waals surface area contributed by atoms with Crippen molar-refractivity contribution >= 4 is 12.9 Å². The zero-order chi connectivity index (χ0) is 9.97. The quantitative estimate of drug-likeness (QED) is 0.635. The monoisotopic (exact) mass is 219 g/mol. The highest BCUT2D eigenvalue weighted by molar-refractivity contribution is 6.51. The average Bonchev–Trinajstić information content (AvgIpc) is 2.47. The van der Waals surface area contributed by atoms with E-state index in [1.54, 1.807) is 0 Å². The third-order valence-electron chi connectivity index (χ3n) is 2.12. The van der Waals surface area contributed by atoms with Gasteiger partial charge in [0.25, 0.3) is 0 Å². The molecule has 85 valence electrons. The van der Waals surface area contributed by atoms with Crippen LogP contribution in [-0.2, 0) is 0 Å². The second-order valence-electron chi connectivity index (χ2n) is 3.41. The Labute approximate surface area is 95.8 Å². The number of aromatic nitrogens is 2. The van der Waals surface area contributed by atoms with Crippen LogP contribution in [0.25, 0.3) is 0 Å². The second-order valence-corrected chi connectivity index (χ2v) is 3.41. The van der Waals surface area contributed by atoms with Crippen molar-refractivity contribution in [3.05, 3.63) is 47.8 Å². The predicted octanol–water partition coefficient (Wildman–Crippen LogP) is -0.357. The molecule has 0 aliphatic heterocycles. The molecule has 0 fully saturated rings. The Bertz CT molecular complexity index is 429. The van der Waals surface area contributed by atoms with Crippen molar-refractivity contribution in [3.63, 3.8) is 0 Å². The number of nitrogens with zero attached hydrogens (tertiary/aromatic N) is 2. The van der Waals surface area contributed by atoms with Gasteiger partial charge in [0, 0.05) is 5.69 Å². The first-order valence-electron chi connectivity index (χ1n) is 4.68. The van der Waals surface area contributed by atoms with E-state index in [0.717, 1.165) is 11.4 Å². The number of rotatable bonds is 2. The second kappa shape index (κ2) is 6.10. The minimum atomic E-state index is 0. The van der Waals surface area contributed by atoms with Gasteiger partial charge in [0.1, 0.15) is 0 Å². The molecular weight excluding hydrogens is 203 g/mol. The molecule has 0 saturated carbocycles. The maximum atomic E-state index is 4.37. The summed E-state index contributed by atoms with van der Waals surface area (Å²) in [6.45, 7) is 4.06. The van der Waals surface area contributed by atoms with Crippen molar-refractivity contribution in [3.8, 4) is 0 Å². The van der Waals surface area contributed by atoms with Crippen LogP contribution in [0.3, 0.4) is 0 Å². The van der Waals surface area contributed by atoms with Crippen LogP contribution in [0.15, 0.2) is 36.4 Å². The molecule has 0 amide bonds. The number of benzene rings is 1. The first-order chi connectivity index (χ1) is 6.75. The van der Waals surface area contributed by atoms with Crippen LogP contribution in [0, 0.1) is 13.8 Å². The molecule has 4 nitrogen and oxygen atoms in total. The highest BCUT2D eigenvalue weighted by atomic mass is 16.0. The third-order valence-corrected chi connectivity index (χ3v) is 2.12. The molecule has 0 aliphatic rings. The molecule has 4 N–H and O–H groups in total. The summed E-state index contributed by atoms with van der Waals surface area (Å²) in [5, 5.41) is 4.37. The van der Waals surface area contributed by atoms with E-state index in [1.165, 1.54) is 5.46 Å². The summed E-state index contributed by atoms with van der Waals surface area (Å²) in [4.78, 5) is 0. The summed E-state index contributed by atoms with van der Waals surface area (Å²) in [6, 6.07) is 12.3. The van der Waals surface area contributed by atoms with Gasteiger partial charge in [0.2, 0.25) is 0 Å². The molecule has 0 bridgehead atoms. The van der Waals surface area contributed by atoms with Crippen LogP contribution in [0.5, 0.6) is 0 Å². The Kier molecular flexibility index (Phi) is 5.49. The first kappa shape index (κ1) is 14.4. The molecule has 5 heteroatoms. The summed E-state index contributed by atoms with van der Waals surface area (Å²) in [6.07, 6.45) is 0. The lowest BCUT2D eigenvalue weighted by atomic mass is 9.83. The molecule has 0 atom stereocenters. The molecule has 0 unspecified atom stereocenters. The van der Waals surface area contributed by atoms with Crippen LogP contribution in [0.4, 0.5) is 0 Å². The van der Waals surface area contributed by atoms with Crippen molar-refractivity contribution < 1.29 is 11.0 Å². The van der Waals surface area contributed by atoms with Gasteiger partial charge in [-0.1, -0.05) is 35.8 Å². The average molecular weight is 219 g/mol. The lowest BCUT2D eigenvalue weighted by molar-refractivity contribution is 0.823. The third kappa shape index (κ3) is 3.22. The molecule has 1 aromatic heterocycles. The lowest BCUT2D eigenvalue weighted by Crippen LogP contribution is -2.23. The van der Waals surface area contributed by atoms with Gasteiger partial charge in [-0.05, 0) is 19.9 Å². The van der Waals surface area contributed by atoms with E-state index >= 15 is 0 Å². The topological polar surface area (TPSA) is 80.8 Å². The molecule has 0 spiro atoms. The summed E-state index contributed by atoms with van der Waals surface area (Å²) in [7, 11) is 2.03. The number of hydrogen-bond acceptors (Lipinski definition) is 1. The van der Waals surface area contributed by atoms with Crippen LogP contribution >= 0.6 is 0 Å². The Morgan fingerprint density at radius 1 is 1.06 bits per heavy atom. The summed E-state index contributed by atoms with van der Waals surface area (Å²) < 4.78 is 1.91. The van der Waals surface area contributed by atoms with Gasteiger partial charge in [-0.25, -0.2) is 0 Å². The van der Waals surface area contributed by atoms with E-state index in [4.69, 9.17) is 0 Å². The van der Waals surface area contributed by atoms with E-state index in [1.807, 2.05) is 37.1 Å². The summed E-state index contributed by atoms with van der Waals surface area (Å²) in [5.74, 6) is 0. The smallest absolute Gasteiger partial charge is 0.316 e. The van der Waals surface area contributed by atoms with Gasteiger partial charge in [-0.3, -0.25) is 0 Å². The molecule has 2 aromatic rings. The van der Waals surface area contributed by atoms with Gasteiger partial charge in [0.15, 0.2) is 0 Å². The minimum absolute atomic E-state index is 0. The SMILES string of the molecule is Cc1cc(C)n([B]c2ccccc2)n1.O.O. The Balaban J connectivity index is 0.00000112. The van der Waals surface area contributed by atoms with E-state index < -0.39 is 0 Å². The van der Waals surface area contributed by atoms with Crippen LogP contribution < -0.4 is 5.46 Å². The molecule has 1 aromatic carbocycles. The highest BCUT2D eigenvalue weighted by Gasteiger charge is 2.03. The van der Waals surface area contributed by atoms with Crippen LogP contribution in [0.2, 0.25) is 0 Å². The molecule has 1 heterocycles. The fourth-order valence-corrected chi connectivity index (χ4v) is 1.46. The van der Waals surface area contributed by atoms with Gasteiger partial charge in [-0.2, -0.15) is 5.10 Å². The van der Waals surface area contributed by atoms with Gasteiger partial charge in [-0.15, -0.1) is 0 Å². The molecular formula is C11H16BN2O2. The maximum absolute atomic E-state index is 4.37. The molecule has 0 aliphatic carbocycles. The predicted molar refractivity (Wildman–Crippen MR) is 66.2 cm³/mol. The van der Waals surface area contributed by atoms with E-state index in [2.05, 4.69) is 30.2 Å². The van der Waals surface area contributed by atoms with Crippen molar-refractivity contribution in [2.24, 2.45) is 0 Å². The van der Waals surface area contributed by atoms with E-state index in [-0.39, 0.29) is 11.0 Å². The summed E-state index contributed by atoms with van der Waals surface area (Å²) in [5.41, 5.74) is 3.37. The lowest BCUT2D eigenvalue weighted by Gasteiger charge is -2.01. The van der Waals surface area contributed by atoms with E-state index in [9.17, 15) is 0 Å². The summed E-state index contributed by atoms with van der Waals surface area (Å²) >= 11 is 0. The molecule has 1 radical (unpaired) electrons. The fraction of sp³-hybridized carbons (Fsp3) is 0.182. The number of aryl methyl sites for hydroxylation is 2. The molecule has 16 heavy (non-hydrogen) atoms. The first-order valence-corrected chi connectivity index (χ1v) is 4.68. The van der Waals surface area contributed by atoms with Gasteiger partial charge < -0.3 is 15.5 Å². The molecule has 2 rings (SSSR count). The zero-order valence-corrected chi connectivity index (χ0v) is 9.44. The Morgan fingerprint density at radius 3 is 2.19 bits per heavy atom. The van der Waals surface area contributed by atoms with Crippen LogP contribution in [0.1, 0.15) is 11.4 Å². The van der Waals surface area contributed by atoms with Gasteiger partial charge in [0.05, 0.1) is 5.69 Å². The highest BCUT2D eigenvalue weighted by Crippen LogP contribution is 1.99. The Hall–Kier alpha value is -1.59. The largest absolute Gasteiger partial charge is 0.412 e. The molecule has 0 saturated heterocycles. The van der Waals surface area contributed by atoms with Crippen molar-refractivity contribution in [2.75, 3.05) is 0 Å². The van der Waals surface area contributed by atoms with E-state index in [0.29, 0.717) is 0 Å². The standard InChI is InChI=1S/C11H12BN2.2H2O/c1-9-8-10(2)14(13-9)12-11-6-4-3-5-7-11;;/h3-8H,1-2H3;2*1H2. The van der Waals surface area contributed by atoms with Crippen molar-refractivity contribution in [1.29, 1.82) is 0 Å². The van der Waals surface area contributed by atoms with Crippen LogP contribution in [-0.4, -0.2) is 28.1 Å². The van der Waals surface area contributed by atoms with Gasteiger partial charge >= 0.3 is 7.41 Å². The normalized spacial score (nSPS) is 8.88. The minimum Gasteiger partial charge on any atom is -0.412 e. The number of hydrogen-bond donors (Lipinski definition) is 0.